The van der Waals surface area contributed by atoms with Crippen molar-refractivity contribution in [2.45, 2.75) is 103 Å². The number of halogens is 2. The van der Waals surface area contributed by atoms with Gasteiger partial charge in [-0.2, -0.15) is 0 Å². The topological polar surface area (TPSA) is 0 Å². The van der Waals surface area contributed by atoms with Crippen LogP contribution in [0.25, 0.3) is 0 Å². The monoisotopic (exact) mass is 442 g/mol. The Bertz CT molecular complexity index is 714. The lowest BCUT2D eigenvalue weighted by Gasteiger charge is -2.37. The van der Waals surface area contributed by atoms with Crippen LogP contribution in [0.5, 0.6) is 0 Å². The minimum absolute atomic E-state index is 0.714. The molecule has 0 heterocycles. The first-order valence-electron chi connectivity index (χ1n) is 13.7. The Morgan fingerprint density at radius 1 is 0.688 bits per heavy atom. The van der Waals surface area contributed by atoms with Gasteiger partial charge in [0, 0.05) is 0 Å². The van der Waals surface area contributed by atoms with Crippen molar-refractivity contribution in [2.75, 3.05) is 0 Å². The molecule has 3 aliphatic carbocycles. The summed E-state index contributed by atoms with van der Waals surface area (Å²) in [5.74, 6) is 3.94. The Hall–Kier alpha value is -1.18. The van der Waals surface area contributed by atoms with E-state index < -0.39 is 11.6 Å². The fourth-order valence-electron chi connectivity index (χ4n) is 6.93. The van der Waals surface area contributed by atoms with E-state index >= 15 is 0 Å². The standard InChI is InChI=1S/C30H44F2/c1-2-22-11-16-27(17-12-22)28-18-13-25(14-19-28)8-7-23-3-5-24(6-4-23)9-10-26-15-20-29(31)30(32)21-26/h7-8,15,20-25,27-28H,2-6,9-14,16-19H2,1H3/b8-7+/t22-,23-,24-,25?,27-,28?. The van der Waals surface area contributed by atoms with Gasteiger partial charge in [0.2, 0.25) is 0 Å². The summed E-state index contributed by atoms with van der Waals surface area (Å²) in [4.78, 5) is 0. The molecule has 4 rings (SSSR count). The lowest BCUT2D eigenvalue weighted by Crippen LogP contribution is -2.25. The average molecular weight is 443 g/mol. The summed E-state index contributed by atoms with van der Waals surface area (Å²) in [6.07, 6.45) is 25.4. The fraction of sp³-hybridized carbons (Fsp3) is 0.733. The van der Waals surface area contributed by atoms with Crippen LogP contribution in [-0.4, -0.2) is 0 Å². The Morgan fingerprint density at radius 2 is 1.22 bits per heavy atom. The van der Waals surface area contributed by atoms with Crippen LogP contribution in [0.15, 0.2) is 30.4 Å². The zero-order valence-electron chi connectivity index (χ0n) is 20.2. The molecule has 178 valence electrons. The van der Waals surface area contributed by atoms with Crippen molar-refractivity contribution in [3.05, 3.63) is 47.5 Å². The zero-order chi connectivity index (χ0) is 22.3. The molecule has 0 spiro atoms. The highest BCUT2D eigenvalue weighted by Crippen LogP contribution is 2.42. The molecule has 0 aromatic heterocycles. The highest BCUT2D eigenvalue weighted by Gasteiger charge is 2.30. The van der Waals surface area contributed by atoms with Crippen LogP contribution in [0.3, 0.4) is 0 Å². The first-order chi connectivity index (χ1) is 15.6. The Kier molecular flexibility index (Phi) is 8.83. The number of benzene rings is 1. The van der Waals surface area contributed by atoms with Crippen molar-refractivity contribution in [1.29, 1.82) is 0 Å². The van der Waals surface area contributed by atoms with Crippen molar-refractivity contribution < 1.29 is 8.78 Å². The van der Waals surface area contributed by atoms with E-state index in [4.69, 9.17) is 0 Å². The maximum atomic E-state index is 13.4. The van der Waals surface area contributed by atoms with E-state index in [2.05, 4.69) is 19.1 Å². The van der Waals surface area contributed by atoms with E-state index in [9.17, 15) is 8.78 Å². The molecule has 0 amide bonds. The van der Waals surface area contributed by atoms with Crippen molar-refractivity contribution >= 4 is 0 Å². The van der Waals surface area contributed by atoms with Gasteiger partial charge >= 0.3 is 0 Å². The van der Waals surface area contributed by atoms with E-state index in [1.54, 1.807) is 6.07 Å². The molecule has 3 saturated carbocycles. The van der Waals surface area contributed by atoms with Gasteiger partial charge in [-0.15, -0.1) is 0 Å². The van der Waals surface area contributed by atoms with Gasteiger partial charge in [-0.25, -0.2) is 8.78 Å². The highest BCUT2D eigenvalue weighted by molar-refractivity contribution is 5.18. The van der Waals surface area contributed by atoms with Gasteiger partial charge in [0.05, 0.1) is 0 Å². The lowest BCUT2D eigenvalue weighted by molar-refractivity contribution is 0.154. The summed E-state index contributed by atoms with van der Waals surface area (Å²) in [5.41, 5.74) is 0.930. The predicted octanol–water partition coefficient (Wildman–Crippen LogP) is 9.28. The maximum absolute atomic E-state index is 13.4. The third-order valence-electron chi connectivity index (χ3n) is 9.32. The predicted molar refractivity (Wildman–Crippen MR) is 130 cm³/mol. The minimum Gasteiger partial charge on any atom is -0.204 e. The Labute approximate surface area is 195 Å². The van der Waals surface area contributed by atoms with E-state index in [0.717, 1.165) is 53.9 Å². The lowest BCUT2D eigenvalue weighted by atomic mass is 9.69. The van der Waals surface area contributed by atoms with Crippen LogP contribution in [0, 0.1) is 47.1 Å². The number of hydrogen-bond acceptors (Lipinski definition) is 0. The number of rotatable bonds is 7. The van der Waals surface area contributed by atoms with Gasteiger partial charge in [0.15, 0.2) is 11.6 Å². The maximum Gasteiger partial charge on any atom is 0.159 e. The quantitative estimate of drug-likeness (QED) is 0.369. The minimum atomic E-state index is -0.742. The molecule has 3 fully saturated rings. The van der Waals surface area contributed by atoms with E-state index in [-0.39, 0.29) is 0 Å². The third-order valence-corrected chi connectivity index (χ3v) is 9.32. The van der Waals surface area contributed by atoms with Gasteiger partial charge in [0.25, 0.3) is 0 Å². The number of hydrogen-bond donors (Lipinski definition) is 0. The molecule has 0 unspecified atom stereocenters. The van der Waals surface area contributed by atoms with Gasteiger partial charge in [-0.1, -0.05) is 44.4 Å². The van der Waals surface area contributed by atoms with Gasteiger partial charge in [-0.3, -0.25) is 0 Å². The molecule has 1 aromatic carbocycles. The zero-order valence-corrected chi connectivity index (χ0v) is 20.2. The highest BCUT2D eigenvalue weighted by atomic mass is 19.2. The smallest absolute Gasteiger partial charge is 0.159 e. The molecule has 3 aliphatic rings. The van der Waals surface area contributed by atoms with E-state index in [1.165, 1.54) is 95.6 Å². The Balaban J connectivity index is 1.12. The summed E-state index contributed by atoms with van der Waals surface area (Å²) in [5, 5.41) is 0. The molecule has 0 radical (unpaired) electrons. The van der Waals surface area contributed by atoms with Crippen LogP contribution in [0.2, 0.25) is 0 Å². The molecule has 0 saturated heterocycles. The summed E-state index contributed by atoms with van der Waals surface area (Å²) in [6.45, 7) is 2.37. The molecule has 1 aromatic rings. The normalized spacial score (nSPS) is 34.1. The van der Waals surface area contributed by atoms with Crippen molar-refractivity contribution in [3.8, 4) is 0 Å². The fourth-order valence-corrected chi connectivity index (χ4v) is 6.93. The second-order valence-corrected chi connectivity index (χ2v) is 11.3. The van der Waals surface area contributed by atoms with Crippen molar-refractivity contribution in [1.82, 2.24) is 0 Å². The van der Waals surface area contributed by atoms with Crippen LogP contribution < -0.4 is 0 Å². The SMILES string of the molecule is CC[C@H]1CC[C@H](C2CCC(/C=C/[C@H]3CC[C@H](CCc4ccc(F)c(F)c4)CC3)CC2)CC1. The van der Waals surface area contributed by atoms with Crippen LogP contribution >= 0.6 is 0 Å². The average Bonchev–Trinajstić information content (AvgIpc) is 2.84. The third kappa shape index (κ3) is 6.67. The van der Waals surface area contributed by atoms with Crippen LogP contribution in [0.1, 0.15) is 102 Å². The number of allylic oxidation sites excluding steroid dienone is 2. The molecule has 0 atom stereocenters. The van der Waals surface area contributed by atoms with Crippen molar-refractivity contribution in [3.63, 3.8) is 0 Å². The first-order valence-corrected chi connectivity index (χ1v) is 13.7. The summed E-state index contributed by atoms with van der Waals surface area (Å²) >= 11 is 0. The van der Waals surface area contributed by atoms with Crippen LogP contribution in [0.4, 0.5) is 8.78 Å². The van der Waals surface area contributed by atoms with Gasteiger partial charge in [-0.05, 0) is 130 Å². The summed E-state index contributed by atoms with van der Waals surface area (Å²) in [7, 11) is 0. The summed E-state index contributed by atoms with van der Waals surface area (Å²) < 4.78 is 26.5. The number of aryl methyl sites for hydroxylation is 1. The van der Waals surface area contributed by atoms with Gasteiger partial charge in [0.1, 0.15) is 0 Å². The largest absolute Gasteiger partial charge is 0.204 e. The molecule has 0 N–H and O–H groups in total. The first kappa shape index (κ1) is 24.0. The van der Waals surface area contributed by atoms with Crippen LogP contribution in [-0.2, 0) is 6.42 Å². The summed E-state index contributed by atoms with van der Waals surface area (Å²) in [6, 6.07) is 4.36. The second kappa shape index (κ2) is 11.8. The van der Waals surface area contributed by atoms with Gasteiger partial charge < -0.3 is 0 Å². The molecule has 2 heteroatoms. The molecular formula is C30H44F2. The molecule has 0 aliphatic heterocycles. The van der Waals surface area contributed by atoms with E-state index in [0.29, 0.717) is 0 Å². The molecular weight excluding hydrogens is 398 g/mol. The molecule has 0 nitrogen and oxygen atoms in total. The molecule has 32 heavy (non-hydrogen) atoms. The van der Waals surface area contributed by atoms with E-state index in [1.807, 2.05) is 0 Å². The molecule has 0 bridgehead atoms. The Morgan fingerprint density at radius 3 is 1.78 bits per heavy atom. The second-order valence-electron chi connectivity index (χ2n) is 11.3. The van der Waals surface area contributed by atoms with Crippen molar-refractivity contribution in [2.24, 2.45) is 35.5 Å².